The Bertz CT molecular complexity index is 1190. The Morgan fingerprint density at radius 2 is 1.63 bits per heavy atom. The van der Waals surface area contributed by atoms with Gasteiger partial charge in [-0.2, -0.15) is 0 Å². The molecular weight excluding hydrogens is 559 g/mol. The van der Waals surface area contributed by atoms with E-state index in [0.29, 0.717) is 34.3 Å². The van der Waals surface area contributed by atoms with Crippen LogP contribution < -0.4 is 5.32 Å². The summed E-state index contributed by atoms with van der Waals surface area (Å²) in [5.41, 5.74) is 1.81. The smallest absolute Gasteiger partial charge is 0.243 e. The molecule has 4 nitrogen and oxygen atoms in total. The van der Waals surface area contributed by atoms with E-state index in [1.165, 1.54) is 0 Å². The van der Waals surface area contributed by atoms with Crippen molar-refractivity contribution in [2.75, 3.05) is 5.75 Å². The summed E-state index contributed by atoms with van der Waals surface area (Å²) in [6, 6.07) is 22.1. The van der Waals surface area contributed by atoms with Crippen LogP contribution in [0.2, 0.25) is 15.1 Å². The fourth-order valence-corrected chi connectivity index (χ4v) is 5.22. The number of thioether (sulfide) groups is 1. The van der Waals surface area contributed by atoms with Gasteiger partial charge in [-0.1, -0.05) is 78.1 Å². The highest BCUT2D eigenvalue weighted by molar-refractivity contribution is 7.99. The van der Waals surface area contributed by atoms with Gasteiger partial charge in [0.25, 0.3) is 0 Å². The number of nitrogens with zero attached hydrogens (tertiary/aromatic N) is 1. The minimum Gasteiger partial charge on any atom is -0.352 e. The van der Waals surface area contributed by atoms with Crippen molar-refractivity contribution in [3.63, 3.8) is 0 Å². The first-order valence-electron chi connectivity index (χ1n) is 12.7. The molecule has 0 saturated carbocycles. The summed E-state index contributed by atoms with van der Waals surface area (Å²) in [4.78, 5) is 30.0. The molecule has 2 amide bonds. The Morgan fingerprint density at radius 3 is 2.29 bits per heavy atom. The third kappa shape index (κ3) is 9.53. The fraction of sp³-hybridized carbons (Fsp3) is 0.333. The van der Waals surface area contributed by atoms with E-state index in [1.54, 1.807) is 28.8 Å². The van der Waals surface area contributed by atoms with Crippen molar-refractivity contribution < 1.29 is 9.59 Å². The number of carbonyl (C=O) groups excluding carboxylic acids is 2. The standard InChI is InChI=1S/C30H33Cl3N2O2S/c1-3-21(2)34-30(37)28(19-22-8-5-4-6-9-22)35(20-23-11-16-26(32)27(33)18-23)29(36)10-7-17-38-25-14-12-24(31)13-15-25/h4-6,8-9,11-16,18,21,28H,3,7,10,17,19-20H2,1-2H3,(H,34,37)/t21-,28-/m1/s1. The molecule has 0 aromatic heterocycles. The van der Waals surface area contributed by atoms with Crippen LogP contribution in [0, 0.1) is 0 Å². The number of carbonyl (C=O) groups is 2. The van der Waals surface area contributed by atoms with Crippen LogP contribution in [0.4, 0.5) is 0 Å². The summed E-state index contributed by atoms with van der Waals surface area (Å²) in [6.07, 6.45) is 2.21. The molecule has 0 aliphatic heterocycles. The van der Waals surface area contributed by atoms with E-state index >= 15 is 0 Å². The largest absolute Gasteiger partial charge is 0.352 e. The highest BCUT2D eigenvalue weighted by atomic mass is 35.5. The second kappa shape index (κ2) is 15.4. The average molecular weight is 592 g/mol. The molecule has 0 aliphatic carbocycles. The van der Waals surface area contributed by atoms with Gasteiger partial charge >= 0.3 is 0 Å². The van der Waals surface area contributed by atoms with Gasteiger partial charge in [-0.25, -0.2) is 0 Å². The number of hydrogen-bond acceptors (Lipinski definition) is 3. The zero-order valence-electron chi connectivity index (χ0n) is 21.6. The monoisotopic (exact) mass is 590 g/mol. The number of nitrogens with one attached hydrogen (secondary N) is 1. The summed E-state index contributed by atoms with van der Waals surface area (Å²) >= 11 is 20.1. The van der Waals surface area contributed by atoms with Gasteiger partial charge in [0.15, 0.2) is 0 Å². The molecule has 0 radical (unpaired) electrons. The van der Waals surface area contributed by atoms with Crippen molar-refractivity contribution in [1.82, 2.24) is 10.2 Å². The highest BCUT2D eigenvalue weighted by Gasteiger charge is 2.30. The molecule has 3 aromatic rings. The maximum absolute atomic E-state index is 13.7. The lowest BCUT2D eigenvalue weighted by molar-refractivity contribution is -0.141. The van der Waals surface area contributed by atoms with Crippen molar-refractivity contribution in [2.45, 2.75) is 63.1 Å². The summed E-state index contributed by atoms with van der Waals surface area (Å²) in [7, 11) is 0. The normalized spacial score (nSPS) is 12.6. The predicted molar refractivity (Wildman–Crippen MR) is 160 cm³/mol. The Kier molecular flexibility index (Phi) is 12.3. The summed E-state index contributed by atoms with van der Waals surface area (Å²) in [5.74, 6) is 0.538. The van der Waals surface area contributed by atoms with Gasteiger partial charge in [-0.3, -0.25) is 9.59 Å². The number of halogens is 3. The summed E-state index contributed by atoms with van der Waals surface area (Å²) < 4.78 is 0. The van der Waals surface area contributed by atoms with E-state index in [0.717, 1.165) is 28.2 Å². The quantitative estimate of drug-likeness (QED) is 0.161. The van der Waals surface area contributed by atoms with E-state index in [2.05, 4.69) is 5.32 Å². The first-order chi connectivity index (χ1) is 18.3. The highest BCUT2D eigenvalue weighted by Crippen LogP contribution is 2.25. The minimum atomic E-state index is -0.669. The second-order valence-corrected chi connectivity index (χ2v) is 11.6. The lowest BCUT2D eigenvalue weighted by Crippen LogP contribution is -2.52. The average Bonchev–Trinajstić information content (AvgIpc) is 2.91. The third-order valence-electron chi connectivity index (χ3n) is 6.23. The van der Waals surface area contributed by atoms with E-state index in [4.69, 9.17) is 34.8 Å². The zero-order chi connectivity index (χ0) is 27.5. The Morgan fingerprint density at radius 1 is 0.921 bits per heavy atom. The molecular formula is C30H33Cl3N2O2S. The molecule has 0 heterocycles. The Hall–Kier alpha value is -2.18. The topological polar surface area (TPSA) is 49.4 Å². The van der Waals surface area contributed by atoms with Crippen molar-refractivity contribution in [1.29, 1.82) is 0 Å². The van der Waals surface area contributed by atoms with Crippen LogP contribution in [-0.4, -0.2) is 34.6 Å². The van der Waals surface area contributed by atoms with Crippen molar-refractivity contribution in [3.05, 3.63) is 99.0 Å². The Labute approximate surface area is 245 Å². The van der Waals surface area contributed by atoms with Gasteiger partial charge < -0.3 is 10.2 Å². The lowest BCUT2D eigenvalue weighted by Gasteiger charge is -2.32. The van der Waals surface area contributed by atoms with Crippen LogP contribution in [-0.2, 0) is 22.6 Å². The van der Waals surface area contributed by atoms with Crippen molar-refractivity contribution >= 4 is 58.4 Å². The summed E-state index contributed by atoms with van der Waals surface area (Å²) in [5, 5.41) is 4.65. The number of rotatable bonds is 13. The first kappa shape index (κ1) is 30.4. The molecule has 8 heteroatoms. The van der Waals surface area contributed by atoms with E-state index in [1.807, 2.05) is 74.5 Å². The van der Waals surface area contributed by atoms with Gasteiger partial charge in [0.1, 0.15) is 6.04 Å². The van der Waals surface area contributed by atoms with Crippen LogP contribution in [0.15, 0.2) is 77.7 Å². The molecule has 2 atom stereocenters. The van der Waals surface area contributed by atoms with Crippen LogP contribution in [0.3, 0.4) is 0 Å². The molecule has 0 aliphatic rings. The van der Waals surface area contributed by atoms with E-state index in [-0.39, 0.29) is 24.4 Å². The molecule has 0 fully saturated rings. The SMILES string of the molecule is CC[C@@H](C)NC(=O)[C@@H](Cc1ccccc1)N(Cc1ccc(Cl)c(Cl)c1)C(=O)CCCSc1ccc(Cl)cc1. The maximum Gasteiger partial charge on any atom is 0.243 e. The molecule has 0 bridgehead atoms. The van der Waals surface area contributed by atoms with Crippen molar-refractivity contribution in [2.24, 2.45) is 0 Å². The van der Waals surface area contributed by atoms with Crippen LogP contribution in [0.25, 0.3) is 0 Å². The maximum atomic E-state index is 13.7. The first-order valence-corrected chi connectivity index (χ1v) is 14.8. The van der Waals surface area contributed by atoms with Gasteiger partial charge in [0, 0.05) is 35.3 Å². The molecule has 0 saturated heterocycles. The van der Waals surface area contributed by atoms with E-state index in [9.17, 15) is 9.59 Å². The minimum absolute atomic E-state index is 0.00141. The molecule has 202 valence electrons. The lowest BCUT2D eigenvalue weighted by atomic mass is 10.0. The van der Waals surface area contributed by atoms with Crippen LogP contribution in [0.5, 0.6) is 0 Å². The molecule has 0 spiro atoms. The van der Waals surface area contributed by atoms with Gasteiger partial charge in [-0.05, 0) is 73.0 Å². The molecule has 0 unspecified atom stereocenters. The van der Waals surface area contributed by atoms with Crippen molar-refractivity contribution in [3.8, 4) is 0 Å². The molecule has 38 heavy (non-hydrogen) atoms. The number of amides is 2. The molecule has 1 N–H and O–H groups in total. The third-order valence-corrected chi connectivity index (χ3v) is 8.32. The predicted octanol–water partition coefficient (Wildman–Crippen LogP) is 8.07. The van der Waals surface area contributed by atoms with Gasteiger partial charge in [0.05, 0.1) is 10.0 Å². The summed E-state index contributed by atoms with van der Waals surface area (Å²) in [6.45, 7) is 4.25. The second-order valence-electron chi connectivity index (χ2n) is 9.20. The fourth-order valence-electron chi connectivity index (χ4n) is 3.92. The zero-order valence-corrected chi connectivity index (χ0v) is 24.7. The van der Waals surface area contributed by atoms with Gasteiger partial charge in [0.2, 0.25) is 11.8 Å². The van der Waals surface area contributed by atoms with Crippen LogP contribution in [0.1, 0.15) is 44.2 Å². The molecule has 3 rings (SSSR count). The number of benzene rings is 3. The van der Waals surface area contributed by atoms with Crippen LogP contribution >= 0.6 is 46.6 Å². The van der Waals surface area contributed by atoms with E-state index < -0.39 is 6.04 Å². The number of hydrogen-bond donors (Lipinski definition) is 1. The Balaban J connectivity index is 1.82. The van der Waals surface area contributed by atoms with Gasteiger partial charge in [-0.15, -0.1) is 11.8 Å². The molecule has 3 aromatic carbocycles.